The summed E-state index contributed by atoms with van der Waals surface area (Å²) >= 11 is 0. The van der Waals surface area contributed by atoms with Crippen molar-refractivity contribution in [1.29, 1.82) is 5.26 Å². The standard InChI is InChI=1S/C23H16N4O/c24-14-17-7-9-18(10-8-17)22-21(6-3-13-27-22)28-23(19-4-1-11-25-15-19)20-5-2-12-26-16-20/h1-13,15-16,23H. The Bertz CT molecular complexity index is 1050. The maximum atomic E-state index is 9.02. The second-order valence-corrected chi connectivity index (χ2v) is 6.11. The van der Waals surface area contributed by atoms with E-state index in [0.717, 1.165) is 16.7 Å². The number of hydrogen-bond acceptors (Lipinski definition) is 5. The molecule has 0 saturated heterocycles. The van der Waals surface area contributed by atoms with Gasteiger partial charge in [0.15, 0.2) is 6.10 Å². The summed E-state index contributed by atoms with van der Waals surface area (Å²) in [4.78, 5) is 13.0. The van der Waals surface area contributed by atoms with Crippen LogP contribution in [0.25, 0.3) is 11.3 Å². The Hall–Kier alpha value is -4.04. The van der Waals surface area contributed by atoms with Gasteiger partial charge in [0.1, 0.15) is 11.4 Å². The fourth-order valence-corrected chi connectivity index (χ4v) is 2.92. The van der Waals surface area contributed by atoms with Gasteiger partial charge in [-0.15, -0.1) is 0 Å². The van der Waals surface area contributed by atoms with Crippen LogP contribution < -0.4 is 4.74 Å². The first-order chi connectivity index (χ1) is 13.8. The summed E-state index contributed by atoms with van der Waals surface area (Å²) in [6.45, 7) is 0. The van der Waals surface area contributed by atoms with Crippen LogP contribution in [0.5, 0.6) is 5.75 Å². The minimum atomic E-state index is -0.372. The largest absolute Gasteiger partial charge is 0.479 e. The van der Waals surface area contributed by atoms with Crippen LogP contribution in [0.1, 0.15) is 22.8 Å². The summed E-state index contributed by atoms with van der Waals surface area (Å²) in [7, 11) is 0. The second-order valence-electron chi connectivity index (χ2n) is 6.11. The lowest BCUT2D eigenvalue weighted by molar-refractivity contribution is 0.246. The number of aromatic nitrogens is 3. The topological polar surface area (TPSA) is 71.7 Å². The van der Waals surface area contributed by atoms with E-state index in [9.17, 15) is 0 Å². The molecule has 0 amide bonds. The molecule has 0 aliphatic rings. The van der Waals surface area contributed by atoms with Crippen LogP contribution in [0.3, 0.4) is 0 Å². The first kappa shape index (κ1) is 17.4. The molecular weight excluding hydrogens is 348 g/mol. The molecule has 134 valence electrons. The smallest absolute Gasteiger partial charge is 0.152 e. The van der Waals surface area contributed by atoms with E-state index in [1.165, 1.54) is 0 Å². The number of nitrogens with zero attached hydrogens (tertiary/aromatic N) is 4. The Kier molecular flexibility index (Phi) is 5.03. The maximum absolute atomic E-state index is 9.02. The van der Waals surface area contributed by atoms with E-state index in [-0.39, 0.29) is 6.10 Å². The third kappa shape index (κ3) is 3.71. The fraction of sp³-hybridized carbons (Fsp3) is 0.0435. The molecule has 0 spiro atoms. The molecule has 28 heavy (non-hydrogen) atoms. The highest BCUT2D eigenvalue weighted by molar-refractivity contribution is 5.66. The van der Waals surface area contributed by atoms with E-state index in [2.05, 4.69) is 21.0 Å². The first-order valence-corrected chi connectivity index (χ1v) is 8.77. The first-order valence-electron chi connectivity index (χ1n) is 8.77. The minimum Gasteiger partial charge on any atom is -0.479 e. The quantitative estimate of drug-likeness (QED) is 0.518. The van der Waals surface area contributed by atoms with Gasteiger partial charge in [0.2, 0.25) is 0 Å². The summed E-state index contributed by atoms with van der Waals surface area (Å²) in [5.41, 5.74) is 4.04. The Morgan fingerprint density at radius 1 is 0.786 bits per heavy atom. The third-order valence-corrected chi connectivity index (χ3v) is 4.28. The number of benzene rings is 1. The van der Waals surface area contributed by atoms with Crippen LogP contribution in [-0.2, 0) is 0 Å². The van der Waals surface area contributed by atoms with Crippen molar-refractivity contribution in [2.45, 2.75) is 6.10 Å². The zero-order valence-electron chi connectivity index (χ0n) is 14.9. The second kappa shape index (κ2) is 8.11. The molecule has 4 aromatic rings. The van der Waals surface area contributed by atoms with Gasteiger partial charge in [-0.3, -0.25) is 15.0 Å². The molecule has 0 radical (unpaired) electrons. The van der Waals surface area contributed by atoms with Gasteiger partial charge in [0.05, 0.1) is 11.6 Å². The molecule has 4 rings (SSSR count). The van der Waals surface area contributed by atoms with Gasteiger partial charge in [-0.05, 0) is 36.4 Å². The van der Waals surface area contributed by atoms with E-state index in [0.29, 0.717) is 17.0 Å². The highest BCUT2D eigenvalue weighted by Gasteiger charge is 2.19. The van der Waals surface area contributed by atoms with E-state index in [1.54, 1.807) is 43.1 Å². The van der Waals surface area contributed by atoms with Crippen molar-refractivity contribution in [1.82, 2.24) is 15.0 Å². The van der Waals surface area contributed by atoms with E-state index in [4.69, 9.17) is 10.00 Å². The molecule has 0 saturated carbocycles. The van der Waals surface area contributed by atoms with Gasteiger partial charge < -0.3 is 4.74 Å². The Morgan fingerprint density at radius 3 is 2.00 bits per heavy atom. The van der Waals surface area contributed by atoms with Crippen LogP contribution in [0, 0.1) is 11.3 Å². The van der Waals surface area contributed by atoms with Crippen LogP contribution in [-0.4, -0.2) is 15.0 Å². The molecule has 0 fully saturated rings. The molecular formula is C23H16N4O. The minimum absolute atomic E-state index is 0.372. The van der Waals surface area contributed by atoms with Crippen molar-refractivity contribution in [3.05, 3.63) is 108 Å². The zero-order chi connectivity index (χ0) is 19.2. The SMILES string of the molecule is N#Cc1ccc(-c2ncccc2OC(c2cccnc2)c2cccnc2)cc1. The molecule has 5 nitrogen and oxygen atoms in total. The molecule has 0 atom stereocenters. The van der Waals surface area contributed by atoms with Crippen molar-refractivity contribution < 1.29 is 4.74 Å². The number of hydrogen-bond donors (Lipinski definition) is 0. The molecule has 0 unspecified atom stereocenters. The predicted molar refractivity (Wildman–Crippen MR) is 105 cm³/mol. The summed E-state index contributed by atoms with van der Waals surface area (Å²) in [6, 6.07) is 20.9. The maximum Gasteiger partial charge on any atom is 0.152 e. The number of ether oxygens (including phenoxy) is 1. The van der Waals surface area contributed by atoms with Crippen molar-refractivity contribution in [2.75, 3.05) is 0 Å². The van der Waals surface area contributed by atoms with Crippen molar-refractivity contribution in [2.24, 2.45) is 0 Å². The molecule has 0 N–H and O–H groups in total. The van der Waals surface area contributed by atoms with Crippen LogP contribution in [0.4, 0.5) is 0 Å². The average Bonchev–Trinajstić information content (AvgIpc) is 2.79. The Morgan fingerprint density at radius 2 is 1.43 bits per heavy atom. The van der Waals surface area contributed by atoms with E-state index in [1.807, 2.05) is 48.5 Å². The van der Waals surface area contributed by atoms with Gasteiger partial charge >= 0.3 is 0 Å². The lowest BCUT2D eigenvalue weighted by atomic mass is 10.0. The summed E-state index contributed by atoms with van der Waals surface area (Å²) in [5.74, 6) is 0.643. The number of rotatable bonds is 5. The highest BCUT2D eigenvalue weighted by Crippen LogP contribution is 2.33. The highest BCUT2D eigenvalue weighted by atomic mass is 16.5. The summed E-state index contributed by atoms with van der Waals surface area (Å²) in [6.07, 6.45) is 8.39. The third-order valence-electron chi connectivity index (χ3n) is 4.28. The van der Waals surface area contributed by atoms with Crippen LogP contribution >= 0.6 is 0 Å². The molecule has 0 aliphatic heterocycles. The molecule has 3 aromatic heterocycles. The molecule has 5 heteroatoms. The monoisotopic (exact) mass is 364 g/mol. The van der Waals surface area contributed by atoms with E-state index >= 15 is 0 Å². The predicted octanol–water partition coefficient (Wildman–Crippen LogP) is 4.58. The lowest BCUT2D eigenvalue weighted by Crippen LogP contribution is -2.11. The lowest BCUT2D eigenvalue weighted by Gasteiger charge is -2.21. The van der Waals surface area contributed by atoms with Gasteiger partial charge in [-0.1, -0.05) is 24.3 Å². The average molecular weight is 364 g/mol. The van der Waals surface area contributed by atoms with E-state index < -0.39 is 0 Å². The molecule has 1 aromatic carbocycles. The number of pyridine rings is 3. The van der Waals surface area contributed by atoms with Crippen LogP contribution in [0.2, 0.25) is 0 Å². The van der Waals surface area contributed by atoms with Gasteiger partial charge in [0.25, 0.3) is 0 Å². The fourth-order valence-electron chi connectivity index (χ4n) is 2.92. The zero-order valence-corrected chi connectivity index (χ0v) is 14.9. The Labute approximate surface area is 162 Å². The van der Waals surface area contributed by atoms with Crippen molar-refractivity contribution in [3.63, 3.8) is 0 Å². The number of nitriles is 1. The summed E-state index contributed by atoms with van der Waals surface area (Å²) in [5, 5.41) is 9.02. The van der Waals surface area contributed by atoms with Gasteiger partial charge in [-0.25, -0.2) is 0 Å². The Balaban J connectivity index is 1.75. The molecule has 0 aliphatic carbocycles. The molecule has 3 heterocycles. The van der Waals surface area contributed by atoms with Gasteiger partial charge in [-0.2, -0.15) is 5.26 Å². The van der Waals surface area contributed by atoms with Crippen molar-refractivity contribution in [3.8, 4) is 23.1 Å². The molecule has 0 bridgehead atoms. The van der Waals surface area contributed by atoms with Crippen molar-refractivity contribution >= 4 is 0 Å². The van der Waals surface area contributed by atoms with Gasteiger partial charge in [0, 0.05) is 47.7 Å². The summed E-state index contributed by atoms with van der Waals surface area (Å²) < 4.78 is 6.42. The normalized spacial score (nSPS) is 10.4. The van der Waals surface area contributed by atoms with Crippen LogP contribution in [0.15, 0.2) is 91.6 Å².